The lowest BCUT2D eigenvalue weighted by atomic mass is 10.2. The molecule has 0 unspecified atom stereocenters. The van der Waals surface area contributed by atoms with E-state index < -0.39 is 18.4 Å². The number of aliphatic carboxylic acids is 1. The highest BCUT2D eigenvalue weighted by Gasteiger charge is 2.17. The molecule has 96 valence electrons. The van der Waals surface area contributed by atoms with E-state index >= 15 is 0 Å². The van der Waals surface area contributed by atoms with E-state index in [0.29, 0.717) is 5.69 Å². The SMILES string of the molecule is C=CCN(CC(=O)O)C(=O)c1ccc(N)c(Cl)c1. The first-order valence-electron chi connectivity index (χ1n) is 5.12. The molecule has 0 saturated carbocycles. The molecule has 0 heterocycles. The third-order valence-corrected chi connectivity index (χ3v) is 2.54. The van der Waals surface area contributed by atoms with E-state index in [9.17, 15) is 9.59 Å². The van der Waals surface area contributed by atoms with Crippen molar-refractivity contribution >= 4 is 29.2 Å². The van der Waals surface area contributed by atoms with E-state index in [1.54, 1.807) is 0 Å². The van der Waals surface area contributed by atoms with Crippen molar-refractivity contribution in [1.82, 2.24) is 4.90 Å². The molecule has 0 aromatic heterocycles. The summed E-state index contributed by atoms with van der Waals surface area (Å²) in [5.74, 6) is -1.52. The van der Waals surface area contributed by atoms with E-state index in [2.05, 4.69) is 6.58 Å². The first kappa shape index (κ1) is 14.1. The summed E-state index contributed by atoms with van der Waals surface area (Å²) in [6.07, 6.45) is 1.46. The standard InChI is InChI=1S/C12H13ClN2O3/c1-2-5-15(7-11(16)17)12(18)8-3-4-10(14)9(13)6-8/h2-4,6H,1,5,7,14H2,(H,16,17). The first-order valence-corrected chi connectivity index (χ1v) is 5.50. The van der Waals surface area contributed by atoms with Crippen molar-refractivity contribution in [3.63, 3.8) is 0 Å². The Labute approximate surface area is 109 Å². The maximum absolute atomic E-state index is 12.0. The Morgan fingerprint density at radius 2 is 2.17 bits per heavy atom. The Morgan fingerprint density at radius 1 is 1.50 bits per heavy atom. The van der Waals surface area contributed by atoms with Crippen LogP contribution in [0.1, 0.15) is 10.4 Å². The van der Waals surface area contributed by atoms with Gasteiger partial charge in [0.1, 0.15) is 6.54 Å². The Balaban J connectivity index is 2.97. The highest BCUT2D eigenvalue weighted by Crippen LogP contribution is 2.20. The molecule has 18 heavy (non-hydrogen) atoms. The molecule has 1 aromatic carbocycles. The van der Waals surface area contributed by atoms with Gasteiger partial charge in [0, 0.05) is 12.1 Å². The van der Waals surface area contributed by atoms with Crippen molar-refractivity contribution < 1.29 is 14.7 Å². The Hall–Kier alpha value is -2.01. The van der Waals surface area contributed by atoms with E-state index in [0.717, 1.165) is 4.90 Å². The molecule has 0 atom stereocenters. The number of anilines is 1. The molecule has 0 bridgehead atoms. The molecule has 3 N–H and O–H groups in total. The normalized spacial score (nSPS) is 9.83. The van der Waals surface area contributed by atoms with Crippen molar-refractivity contribution in [2.75, 3.05) is 18.8 Å². The van der Waals surface area contributed by atoms with Crippen LogP contribution in [0.5, 0.6) is 0 Å². The van der Waals surface area contributed by atoms with E-state index in [4.69, 9.17) is 22.4 Å². The van der Waals surface area contributed by atoms with Crippen LogP contribution < -0.4 is 5.73 Å². The second-order valence-corrected chi connectivity index (χ2v) is 4.01. The van der Waals surface area contributed by atoms with Crippen molar-refractivity contribution in [3.8, 4) is 0 Å². The molecule has 0 aliphatic carbocycles. The first-order chi connectivity index (χ1) is 8.45. The van der Waals surface area contributed by atoms with E-state index in [-0.39, 0.29) is 17.1 Å². The number of halogens is 1. The number of rotatable bonds is 5. The molecule has 0 fully saturated rings. The number of amides is 1. The van der Waals surface area contributed by atoms with Crippen LogP contribution in [0, 0.1) is 0 Å². The number of carbonyl (C=O) groups is 2. The maximum atomic E-state index is 12.0. The number of carboxylic acids is 1. The monoisotopic (exact) mass is 268 g/mol. The summed E-state index contributed by atoms with van der Waals surface area (Å²) >= 11 is 5.81. The van der Waals surface area contributed by atoms with Gasteiger partial charge >= 0.3 is 5.97 Å². The number of nitrogens with zero attached hydrogens (tertiary/aromatic N) is 1. The Morgan fingerprint density at radius 3 is 2.67 bits per heavy atom. The molecule has 1 aromatic rings. The summed E-state index contributed by atoms with van der Waals surface area (Å²) in [4.78, 5) is 23.9. The van der Waals surface area contributed by atoms with E-state index in [1.807, 2.05) is 0 Å². The minimum Gasteiger partial charge on any atom is -0.480 e. The minimum atomic E-state index is -1.09. The summed E-state index contributed by atoms with van der Waals surface area (Å²) in [7, 11) is 0. The van der Waals surface area contributed by atoms with Crippen LogP contribution in [-0.2, 0) is 4.79 Å². The number of nitrogen functional groups attached to an aromatic ring is 1. The van der Waals surface area contributed by atoms with Gasteiger partial charge < -0.3 is 15.7 Å². The average molecular weight is 269 g/mol. The second-order valence-electron chi connectivity index (χ2n) is 3.60. The molecule has 0 spiro atoms. The molecular weight excluding hydrogens is 256 g/mol. The largest absolute Gasteiger partial charge is 0.480 e. The van der Waals surface area contributed by atoms with Crippen LogP contribution in [0.4, 0.5) is 5.69 Å². The summed E-state index contributed by atoms with van der Waals surface area (Å²) in [5.41, 5.74) is 6.19. The zero-order valence-electron chi connectivity index (χ0n) is 9.60. The molecule has 1 amide bonds. The number of nitrogens with two attached hydrogens (primary N) is 1. The Bertz CT molecular complexity index is 488. The average Bonchev–Trinajstić information content (AvgIpc) is 2.31. The summed E-state index contributed by atoms with van der Waals surface area (Å²) in [6, 6.07) is 4.42. The molecule has 0 radical (unpaired) electrons. The lowest BCUT2D eigenvalue weighted by molar-refractivity contribution is -0.137. The molecule has 5 nitrogen and oxygen atoms in total. The topological polar surface area (TPSA) is 83.6 Å². The zero-order chi connectivity index (χ0) is 13.7. The van der Waals surface area contributed by atoms with E-state index in [1.165, 1.54) is 24.3 Å². The van der Waals surface area contributed by atoms with Gasteiger partial charge in [-0.1, -0.05) is 17.7 Å². The number of carbonyl (C=O) groups excluding carboxylic acids is 1. The number of hydrogen-bond acceptors (Lipinski definition) is 3. The van der Waals surface area contributed by atoms with Crippen molar-refractivity contribution in [2.45, 2.75) is 0 Å². The zero-order valence-corrected chi connectivity index (χ0v) is 10.4. The van der Waals surface area contributed by atoms with Crippen LogP contribution in [0.2, 0.25) is 5.02 Å². The Kier molecular flexibility index (Phi) is 4.74. The highest BCUT2D eigenvalue weighted by atomic mass is 35.5. The van der Waals surface area contributed by atoms with Gasteiger partial charge in [-0.2, -0.15) is 0 Å². The van der Waals surface area contributed by atoms with Crippen molar-refractivity contribution in [2.24, 2.45) is 0 Å². The minimum absolute atomic E-state index is 0.146. The van der Waals surface area contributed by atoms with Crippen LogP contribution in [-0.4, -0.2) is 35.0 Å². The van der Waals surface area contributed by atoms with Gasteiger partial charge in [0.25, 0.3) is 5.91 Å². The fourth-order valence-corrected chi connectivity index (χ4v) is 1.56. The molecule has 0 saturated heterocycles. The molecule has 0 aliphatic heterocycles. The summed E-state index contributed by atoms with van der Waals surface area (Å²) in [5, 5.41) is 8.99. The van der Waals surface area contributed by atoms with Gasteiger partial charge in [-0.3, -0.25) is 9.59 Å². The lowest BCUT2D eigenvalue weighted by Gasteiger charge is -2.19. The van der Waals surface area contributed by atoms with Crippen LogP contribution in [0.3, 0.4) is 0 Å². The van der Waals surface area contributed by atoms with Gasteiger partial charge in [0.05, 0.1) is 10.7 Å². The van der Waals surface area contributed by atoms with Gasteiger partial charge in [-0.15, -0.1) is 6.58 Å². The number of carboxylic acid groups (broad SMARTS) is 1. The smallest absolute Gasteiger partial charge is 0.323 e. The molecule has 6 heteroatoms. The third kappa shape index (κ3) is 3.49. The van der Waals surface area contributed by atoms with Crippen LogP contribution in [0.25, 0.3) is 0 Å². The third-order valence-electron chi connectivity index (χ3n) is 2.21. The maximum Gasteiger partial charge on any atom is 0.323 e. The number of hydrogen-bond donors (Lipinski definition) is 2. The molecule has 1 rings (SSSR count). The van der Waals surface area contributed by atoms with Gasteiger partial charge in [0.15, 0.2) is 0 Å². The van der Waals surface area contributed by atoms with Gasteiger partial charge in [-0.05, 0) is 18.2 Å². The predicted octanol–water partition coefficient (Wildman–Crippen LogP) is 1.64. The van der Waals surface area contributed by atoms with Gasteiger partial charge in [-0.25, -0.2) is 0 Å². The lowest BCUT2D eigenvalue weighted by Crippen LogP contribution is -2.35. The predicted molar refractivity (Wildman–Crippen MR) is 69.6 cm³/mol. The second kappa shape index (κ2) is 6.07. The van der Waals surface area contributed by atoms with Gasteiger partial charge in [0.2, 0.25) is 0 Å². The van der Waals surface area contributed by atoms with Crippen molar-refractivity contribution in [3.05, 3.63) is 41.4 Å². The van der Waals surface area contributed by atoms with Crippen molar-refractivity contribution in [1.29, 1.82) is 0 Å². The summed E-state index contributed by atoms with van der Waals surface area (Å²) < 4.78 is 0. The molecular formula is C12H13ClN2O3. The highest BCUT2D eigenvalue weighted by molar-refractivity contribution is 6.33. The quantitative estimate of drug-likeness (QED) is 0.628. The number of benzene rings is 1. The fraction of sp³-hybridized carbons (Fsp3) is 0.167. The molecule has 0 aliphatic rings. The fourth-order valence-electron chi connectivity index (χ4n) is 1.38. The van der Waals surface area contributed by atoms with Crippen LogP contribution >= 0.6 is 11.6 Å². The van der Waals surface area contributed by atoms with Crippen LogP contribution in [0.15, 0.2) is 30.9 Å². The summed E-state index contributed by atoms with van der Waals surface area (Å²) in [6.45, 7) is 3.23.